The van der Waals surface area contributed by atoms with Gasteiger partial charge in [0.05, 0.1) is 0 Å². The normalized spacial score (nSPS) is 19.0. The van der Waals surface area contributed by atoms with Crippen molar-refractivity contribution in [2.75, 3.05) is 39.8 Å². The number of benzene rings is 1. The number of guanidine groups is 1. The number of aromatic amines is 1. The van der Waals surface area contributed by atoms with Crippen LogP contribution in [0.5, 0.6) is 0 Å². The Kier molecular flexibility index (Phi) is 6.50. The van der Waals surface area contributed by atoms with Crippen LogP contribution >= 0.6 is 0 Å². The largest absolute Gasteiger partial charge is 0.361 e. The van der Waals surface area contributed by atoms with Crippen molar-refractivity contribution in [1.82, 2.24) is 20.5 Å². The lowest BCUT2D eigenvalue weighted by molar-refractivity contribution is 0.214. The molecule has 0 aliphatic carbocycles. The van der Waals surface area contributed by atoms with Gasteiger partial charge in [0.15, 0.2) is 5.96 Å². The second-order valence-corrected chi connectivity index (χ2v) is 7.17. The van der Waals surface area contributed by atoms with Crippen LogP contribution in [-0.2, 0) is 6.42 Å². The van der Waals surface area contributed by atoms with E-state index < -0.39 is 0 Å². The number of aliphatic imine (C=N–C) groups is 1. The molecule has 6 heteroatoms. The topological polar surface area (TPSA) is 55.5 Å². The Morgan fingerprint density at radius 1 is 1.38 bits per heavy atom. The predicted octanol–water partition coefficient (Wildman–Crippen LogP) is 2.75. The molecule has 0 bridgehead atoms. The number of aromatic nitrogens is 1. The van der Waals surface area contributed by atoms with Crippen LogP contribution in [0.1, 0.15) is 25.3 Å². The first kappa shape index (κ1) is 18.7. The van der Waals surface area contributed by atoms with E-state index in [4.69, 9.17) is 4.99 Å². The van der Waals surface area contributed by atoms with Gasteiger partial charge in [-0.15, -0.1) is 0 Å². The van der Waals surface area contributed by atoms with Crippen LogP contribution < -0.4 is 10.6 Å². The van der Waals surface area contributed by atoms with E-state index in [1.165, 1.54) is 25.5 Å². The minimum Gasteiger partial charge on any atom is -0.361 e. The third-order valence-corrected chi connectivity index (χ3v) is 4.99. The molecule has 5 nitrogen and oxygen atoms in total. The summed E-state index contributed by atoms with van der Waals surface area (Å²) < 4.78 is 13.5. The molecule has 1 aliphatic rings. The number of hydrogen-bond acceptors (Lipinski definition) is 2. The maximum Gasteiger partial charge on any atom is 0.191 e. The van der Waals surface area contributed by atoms with Gasteiger partial charge in [0.25, 0.3) is 0 Å². The van der Waals surface area contributed by atoms with E-state index in [1.54, 1.807) is 12.1 Å². The number of halogens is 1. The molecule has 2 heterocycles. The van der Waals surface area contributed by atoms with E-state index in [9.17, 15) is 4.39 Å². The molecule has 0 saturated carbocycles. The highest BCUT2D eigenvalue weighted by molar-refractivity contribution is 5.83. The molecular formula is C20H30FN5. The van der Waals surface area contributed by atoms with E-state index >= 15 is 0 Å². The second-order valence-electron chi connectivity index (χ2n) is 7.17. The van der Waals surface area contributed by atoms with Crippen molar-refractivity contribution in [3.8, 4) is 0 Å². The van der Waals surface area contributed by atoms with Gasteiger partial charge < -0.3 is 20.5 Å². The summed E-state index contributed by atoms with van der Waals surface area (Å²) in [6.45, 7) is 6.87. The van der Waals surface area contributed by atoms with Gasteiger partial charge in [0.1, 0.15) is 5.82 Å². The van der Waals surface area contributed by atoms with Crippen molar-refractivity contribution >= 4 is 16.9 Å². The first-order valence-electron chi connectivity index (χ1n) is 9.62. The summed E-state index contributed by atoms with van der Waals surface area (Å²) in [5, 5.41) is 7.68. The van der Waals surface area contributed by atoms with Crippen molar-refractivity contribution in [2.24, 2.45) is 10.9 Å². The molecule has 1 fully saturated rings. The summed E-state index contributed by atoms with van der Waals surface area (Å²) in [7, 11) is 2.18. The molecule has 3 N–H and O–H groups in total. The molecule has 0 amide bonds. The first-order chi connectivity index (χ1) is 12.7. The monoisotopic (exact) mass is 359 g/mol. The molecule has 1 aromatic carbocycles. The Morgan fingerprint density at radius 2 is 2.27 bits per heavy atom. The zero-order valence-corrected chi connectivity index (χ0v) is 15.8. The fourth-order valence-corrected chi connectivity index (χ4v) is 3.66. The Balaban J connectivity index is 1.54. The van der Waals surface area contributed by atoms with Gasteiger partial charge in [0.2, 0.25) is 0 Å². The van der Waals surface area contributed by atoms with Crippen LogP contribution in [0.3, 0.4) is 0 Å². The van der Waals surface area contributed by atoms with Crippen molar-refractivity contribution in [3.05, 3.63) is 35.8 Å². The Hall–Kier alpha value is -2.08. The molecule has 1 saturated heterocycles. The Labute approximate surface area is 155 Å². The number of nitrogens with one attached hydrogen (secondary N) is 3. The molecule has 0 radical (unpaired) electrons. The summed E-state index contributed by atoms with van der Waals surface area (Å²) in [5.74, 6) is 1.31. The third kappa shape index (κ3) is 4.97. The number of likely N-dealkylation sites (tertiary alicyclic amines) is 1. The highest BCUT2D eigenvalue weighted by Gasteiger charge is 2.16. The molecule has 2 aromatic rings. The summed E-state index contributed by atoms with van der Waals surface area (Å²) in [4.78, 5) is 10.4. The molecule has 3 rings (SSSR count). The number of hydrogen-bond donors (Lipinski definition) is 3. The van der Waals surface area contributed by atoms with Gasteiger partial charge in [-0.2, -0.15) is 0 Å². The number of nitrogens with zero attached hydrogens (tertiary/aromatic N) is 2. The van der Waals surface area contributed by atoms with E-state index in [-0.39, 0.29) is 5.82 Å². The van der Waals surface area contributed by atoms with Crippen molar-refractivity contribution in [3.63, 3.8) is 0 Å². The van der Waals surface area contributed by atoms with Crippen LogP contribution in [0.15, 0.2) is 29.4 Å². The van der Waals surface area contributed by atoms with Gasteiger partial charge >= 0.3 is 0 Å². The molecule has 26 heavy (non-hydrogen) atoms. The fraction of sp³-hybridized carbons (Fsp3) is 0.550. The Bertz CT molecular complexity index is 739. The van der Waals surface area contributed by atoms with Gasteiger partial charge in [-0.05, 0) is 69.5 Å². The fourth-order valence-electron chi connectivity index (χ4n) is 3.66. The predicted molar refractivity (Wildman–Crippen MR) is 106 cm³/mol. The van der Waals surface area contributed by atoms with E-state index in [0.29, 0.717) is 5.92 Å². The number of piperidine rings is 1. The summed E-state index contributed by atoms with van der Waals surface area (Å²) in [5.41, 5.74) is 2.10. The molecule has 142 valence electrons. The maximum absolute atomic E-state index is 13.5. The molecule has 1 aromatic heterocycles. The molecule has 0 spiro atoms. The average molecular weight is 359 g/mol. The lowest BCUT2D eigenvalue weighted by Crippen LogP contribution is -2.39. The number of fused-ring (bicyclic) bond motifs is 1. The lowest BCUT2D eigenvalue weighted by atomic mass is 9.99. The molecule has 1 aliphatic heterocycles. The average Bonchev–Trinajstić information content (AvgIpc) is 3.02. The van der Waals surface area contributed by atoms with Crippen LogP contribution in [0, 0.1) is 11.7 Å². The van der Waals surface area contributed by atoms with Crippen molar-refractivity contribution < 1.29 is 4.39 Å². The number of H-pyrrole nitrogens is 1. The molecular weight excluding hydrogens is 329 g/mol. The highest BCUT2D eigenvalue weighted by atomic mass is 19.1. The molecule has 1 unspecified atom stereocenters. The van der Waals surface area contributed by atoms with Crippen molar-refractivity contribution in [1.29, 1.82) is 0 Å². The summed E-state index contributed by atoms with van der Waals surface area (Å²) in [6, 6.07) is 4.87. The van der Waals surface area contributed by atoms with Gasteiger partial charge in [-0.1, -0.05) is 0 Å². The minimum absolute atomic E-state index is 0.196. The summed E-state index contributed by atoms with van der Waals surface area (Å²) in [6.07, 6.45) is 5.31. The SMILES string of the molecule is CCNC(=NCC1CCCN(C)C1)NCCc1c[nH]c2ccc(F)cc12. The van der Waals surface area contributed by atoms with Crippen LogP contribution in [0.25, 0.3) is 10.9 Å². The van der Waals surface area contributed by atoms with Gasteiger partial charge in [0, 0.05) is 43.3 Å². The standard InChI is InChI=1S/C20H30FN5/c1-3-22-20(25-12-15-5-4-10-26(2)14-15)23-9-8-16-13-24-19-7-6-17(21)11-18(16)19/h6-7,11,13,15,24H,3-5,8-10,12,14H2,1-2H3,(H2,22,23,25). The number of rotatable bonds is 6. The van der Waals surface area contributed by atoms with Gasteiger partial charge in [-0.3, -0.25) is 4.99 Å². The third-order valence-electron chi connectivity index (χ3n) is 4.99. The van der Waals surface area contributed by atoms with Crippen LogP contribution in [0.4, 0.5) is 4.39 Å². The quantitative estimate of drug-likeness (QED) is 0.549. The van der Waals surface area contributed by atoms with E-state index in [2.05, 4.69) is 34.5 Å². The first-order valence-corrected chi connectivity index (χ1v) is 9.62. The smallest absolute Gasteiger partial charge is 0.191 e. The second kappa shape index (κ2) is 9.03. The Morgan fingerprint density at radius 3 is 3.08 bits per heavy atom. The zero-order chi connectivity index (χ0) is 18.4. The minimum atomic E-state index is -0.196. The van der Waals surface area contributed by atoms with E-state index in [0.717, 1.165) is 55.0 Å². The maximum atomic E-state index is 13.5. The van der Waals surface area contributed by atoms with E-state index in [1.807, 2.05) is 6.20 Å². The van der Waals surface area contributed by atoms with Crippen molar-refractivity contribution in [2.45, 2.75) is 26.2 Å². The van der Waals surface area contributed by atoms with Crippen LogP contribution in [-0.4, -0.2) is 55.6 Å². The summed E-state index contributed by atoms with van der Waals surface area (Å²) >= 11 is 0. The zero-order valence-electron chi connectivity index (χ0n) is 15.8. The lowest BCUT2D eigenvalue weighted by Gasteiger charge is -2.28. The molecule has 1 atom stereocenters. The highest BCUT2D eigenvalue weighted by Crippen LogP contribution is 2.19. The van der Waals surface area contributed by atoms with Crippen LogP contribution in [0.2, 0.25) is 0 Å². The van der Waals surface area contributed by atoms with Gasteiger partial charge in [-0.25, -0.2) is 4.39 Å².